The number of carbonyl (C=O) groups is 2. The van der Waals surface area contributed by atoms with Crippen LogP contribution in [0, 0.1) is 5.82 Å². The minimum atomic E-state index is -1.60. The number of hydrogen-bond acceptors (Lipinski definition) is 5. The first-order chi connectivity index (χ1) is 17.7. The highest BCUT2D eigenvalue weighted by atomic mass is 35.5. The molecule has 0 radical (unpaired) electrons. The minimum absolute atomic E-state index is 0.203. The van der Waals surface area contributed by atoms with E-state index < -0.39 is 23.5 Å². The lowest BCUT2D eigenvalue weighted by atomic mass is 9.93. The summed E-state index contributed by atoms with van der Waals surface area (Å²) < 4.78 is 18.5. The zero-order valence-electron chi connectivity index (χ0n) is 20.4. The van der Waals surface area contributed by atoms with Crippen LogP contribution in [-0.2, 0) is 10.5 Å². The Morgan fingerprint density at radius 1 is 1.08 bits per heavy atom. The molecule has 3 aromatic rings. The Morgan fingerprint density at radius 3 is 2.24 bits per heavy atom. The number of ketones is 1. The van der Waals surface area contributed by atoms with Crippen molar-refractivity contribution in [3.63, 3.8) is 0 Å². The standard InChI is InChI=1S/C29H28ClFN2O4/c1-3-37-26-15-12-23(18-25(26)30)29(36,33-16-4-5-17-33)19(2)32-28(35)27(34)22-8-6-20(7-9-22)21-10-13-24(31)14-11-21/h3,6-15,18-19,36H,1,4-5,16-17H2,2H3,(H,32,35)/t19-,29-/m1/s1. The van der Waals surface area contributed by atoms with Gasteiger partial charge in [0.1, 0.15) is 11.6 Å². The fraction of sp³-hybridized carbons (Fsp3) is 0.241. The second-order valence-electron chi connectivity index (χ2n) is 8.96. The molecule has 2 atom stereocenters. The topological polar surface area (TPSA) is 78.9 Å². The van der Waals surface area contributed by atoms with Crippen molar-refractivity contribution >= 4 is 23.3 Å². The first kappa shape index (κ1) is 26.5. The average Bonchev–Trinajstić information content (AvgIpc) is 3.45. The van der Waals surface area contributed by atoms with Crippen LogP contribution in [0.25, 0.3) is 11.1 Å². The quantitative estimate of drug-likeness (QED) is 0.226. The number of ether oxygens (including phenoxy) is 1. The van der Waals surface area contributed by atoms with Gasteiger partial charge in [-0.2, -0.15) is 0 Å². The summed E-state index contributed by atoms with van der Waals surface area (Å²) in [5.41, 5.74) is 0.649. The molecule has 3 aromatic carbocycles. The zero-order valence-corrected chi connectivity index (χ0v) is 21.2. The van der Waals surface area contributed by atoms with Crippen LogP contribution in [0.1, 0.15) is 35.7 Å². The first-order valence-electron chi connectivity index (χ1n) is 12.0. The molecular formula is C29H28ClFN2O4. The van der Waals surface area contributed by atoms with Crippen molar-refractivity contribution in [2.45, 2.75) is 31.5 Å². The summed E-state index contributed by atoms with van der Waals surface area (Å²) >= 11 is 6.36. The Morgan fingerprint density at radius 2 is 1.68 bits per heavy atom. The number of rotatable bonds is 9. The minimum Gasteiger partial charge on any atom is -0.464 e. The van der Waals surface area contributed by atoms with E-state index in [0.717, 1.165) is 24.0 Å². The van der Waals surface area contributed by atoms with Gasteiger partial charge in [0, 0.05) is 24.2 Å². The largest absolute Gasteiger partial charge is 0.464 e. The van der Waals surface area contributed by atoms with Gasteiger partial charge in [-0.15, -0.1) is 0 Å². The lowest BCUT2D eigenvalue weighted by Gasteiger charge is -2.42. The molecule has 1 amide bonds. The third kappa shape index (κ3) is 5.59. The van der Waals surface area contributed by atoms with E-state index in [1.807, 2.05) is 4.90 Å². The molecule has 37 heavy (non-hydrogen) atoms. The number of benzene rings is 3. The summed E-state index contributed by atoms with van der Waals surface area (Å²) in [5, 5.41) is 14.9. The molecule has 8 heteroatoms. The molecule has 1 fully saturated rings. The number of aliphatic hydroxyl groups is 1. The van der Waals surface area contributed by atoms with Crippen LogP contribution >= 0.6 is 11.6 Å². The maximum absolute atomic E-state index is 13.2. The van der Waals surface area contributed by atoms with Crippen molar-refractivity contribution in [1.82, 2.24) is 10.2 Å². The summed E-state index contributed by atoms with van der Waals surface area (Å²) in [6.07, 6.45) is 3.05. The molecule has 0 aromatic heterocycles. The highest BCUT2D eigenvalue weighted by Gasteiger charge is 2.44. The van der Waals surface area contributed by atoms with Gasteiger partial charge >= 0.3 is 0 Å². The first-order valence-corrected chi connectivity index (χ1v) is 12.4. The number of nitrogens with one attached hydrogen (secondary N) is 1. The molecule has 0 saturated carbocycles. The van der Waals surface area contributed by atoms with E-state index in [-0.39, 0.29) is 16.4 Å². The highest BCUT2D eigenvalue weighted by Crippen LogP contribution is 2.36. The van der Waals surface area contributed by atoms with Gasteiger partial charge in [0.15, 0.2) is 5.72 Å². The van der Waals surface area contributed by atoms with Crippen molar-refractivity contribution < 1.29 is 23.8 Å². The van der Waals surface area contributed by atoms with Crippen molar-refractivity contribution in [3.05, 3.63) is 102 Å². The van der Waals surface area contributed by atoms with Crippen LogP contribution < -0.4 is 10.1 Å². The van der Waals surface area contributed by atoms with Crippen molar-refractivity contribution in [3.8, 4) is 16.9 Å². The Labute approximate surface area is 220 Å². The molecule has 0 unspecified atom stereocenters. The lowest BCUT2D eigenvalue weighted by Crippen LogP contribution is -2.59. The molecule has 6 nitrogen and oxygen atoms in total. The normalized spacial score (nSPS) is 16.0. The Kier molecular flexibility index (Phi) is 8.07. The van der Waals surface area contributed by atoms with Crippen LogP contribution in [-0.4, -0.2) is 40.8 Å². The van der Waals surface area contributed by atoms with Gasteiger partial charge in [-0.05, 0) is 55.2 Å². The highest BCUT2D eigenvalue weighted by molar-refractivity contribution is 6.42. The zero-order chi connectivity index (χ0) is 26.6. The van der Waals surface area contributed by atoms with Crippen molar-refractivity contribution in [1.29, 1.82) is 0 Å². The summed E-state index contributed by atoms with van der Waals surface area (Å²) in [7, 11) is 0. The Bertz CT molecular complexity index is 1290. The van der Waals surface area contributed by atoms with Gasteiger partial charge in [-0.3, -0.25) is 14.5 Å². The summed E-state index contributed by atoms with van der Waals surface area (Å²) in [6.45, 7) is 6.43. The van der Waals surface area contributed by atoms with Crippen LogP contribution in [0.3, 0.4) is 0 Å². The van der Waals surface area contributed by atoms with E-state index in [4.69, 9.17) is 16.3 Å². The summed E-state index contributed by atoms with van der Waals surface area (Å²) in [6, 6.07) is 16.6. The SMILES string of the molecule is C=COc1ccc([C@](O)([C@@H](C)NC(=O)C(=O)c2ccc(-c3ccc(F)cc3)cc2)N2CCCC2)cc1Cl. The number of Topliss-reactive ketones (excluding diaryl/α,β-unsaturated/α-hetero) is 1. The van der Waals surface area contributed by atoms with E-state index in [1.54, 1.807) is 61.5 Å². The fourth-order valence-electron chi connectivity index (χ4n) is 4.63. The van der Waals surface area contributed by atoms with E-state index in [9.17, 15) is 19.1 Å². The molecule has 4 rings (SSSR count). The molecule has 1 saturated heterocycles. The third-order valence-electron chi connectivity index (χ3n) is 6.64. The smallest absolute Gasteiger partial charge is 0.292 e. The lowest BCUT2D eigenvalue weighted by molar-refractivity contribution is -0.139. The maximum Gasteiger partial charge on any atom is 0.292 e. The third-order valence-corrected chi connectivity index (χ3v) is 6.93. The predicted octanol–water partition coefficient (Wildman–Crippen LogP) is 5.30. The van der Waals surface area contributed by atoms with Crippen molar-refractivity contribution in [2.75, 3.05) is 13.1 Å². The van der Waals surface area contributed by atoms with Crippen LogP contribution in [0.2, 0.25) is 5.02 Å². The van der Waals surface area contributed by atoms with Crippen molar-refractivity contribution in [2.24, 2.45) is 0 Å². The number of carbonyl (C=O) groups excluding carboxylic acids is 2. The molecule has 0 spiro atoms. The summed E-state index contributed by atoms with van der Waals surface area (Å²) in [5.74, 6) is -1.51. The van der Waals surface area contributed by atoms with E-state index in [2.05, 4.69) is 11.9 Å². The summed E-state index contributed by atoms with van der Waals surface area (Å²) in [4.78, 5) is 27.8. The molecule has 0 aliphatic carbocycles. The average molecular weight is 523 g/mol. The molecule has 1 heterocycles. The second kappa shape index (κ2) is 11.3. The molecule has 0 bridgehead atoms. The number of hydrogen-bond donors (Lipinski definition) is 2. The number of halogens is 2. The van der Waals surface area contributed by atoms with Crippen LogP contribution in [0.4, 0.5) is 4.39 Å². The Hall–Kier alpha value is -3.52. The van der Waals surface area contributed by atoms with E-state index in [0.29, 0.717) is 24.4 Å². The van der Waals surface area contributed by atoms with Gasteiger partial charge in [-0.1, -0.05) is 60.6 Å². The fourth-order valence-corrected chi connectivity index (χ4v) is 4.85. The number of nitrogens with zero attached hydrogens (tertiary/aromatic N) is 1. The van der Waals surface area contributed by atoms with Gasteiger partial charge in [0.2, 0.25) is 5.78 Å². The molecule has 192 valence electrons. The van der Waals surface area contributed by atoms with Crippen LogP contribution in [0.15, 0.2) is 79.6 Å². The monoisotopic (exact) mass is 522 g/mol. The second-order valence-corrected chi connectivity index (χ2v) is 9.37. The van der Waals surface area contributed by atoms with Crippen LogP contribution in [0.5, 0.6) is 5.75 Å². The number of likely N-dealkylation sites (tertiary alicyclic amines) is 1. The van der Waals surface area contributed by atoms with Gasteiger partial charge in [0.05, 0.1) is 17.3 Å². The predicted molar refractivity (Wildman–Crippen MR) is 141 cm³/mol. The maximum atomic E-state index is 13.2. The molecular weight excluding hydrogens is 495 g/mol. The Balaban J connectivity index is 1.54. The molecule has 2 N–H and O–H groups in total. The molecule has 1 aliphatic rings. The van der Waals surface area contributed by atoms with Gasteiger partial charge in [0.25, 0.3) is 5.91 Å². The molecule has 1 aliphatic heterocycles. The number of amides is 1. The van der Waals surface area contributed by atoms with E-state index >= 15 is 0 Å². The van der Waals surface area contributed by atoms with Gasteiger partial charge < -0.3 is 15.2 Å². The van der Waals surface area contributed by atoms with Gasteiger partial charge in [-0.25, -0.2) is 4.39 Å². The van der Waals surface area contributed by atoms with E-state index in [1.165, 1.54) is 18.4 Å².